The average molecular weight is 915 g/mol. The maximum Gasteiger partial charge on any atom is 0.416 e. The third-order valence-corrected chi connectivity index (χ3v) is 13.6. The molecule has 2 aliphatic carbocycles. The molecule has 2 saturated carbocycles. The van der Waals surface area contributed by atoms with Gasteiger partial charge in [0, 0.05) is 28.3 Å². The fraction of sp³-hybridized carbons (Fsp3) is 0.488. The third-order valence-electron chi connectivity index (χ3n) is 11.5. The number of rotatable bonds is 7. The molecule has 8 rings (SSSR count). The molecular formula is C43H46ClF3N6O9S. The van der Waals surface area contributed by atoms with Gasteiger partial charge in [-0.2, -0.15) is 18.2 Å². The molecule has 5 unspecified atom stereocenters. The maximum absolute atomic E-state index is 14.7. The highest BCUT2D eigenvalue weighted by Crippen LogP contribution is 2.46. The summed E-state index contributed by atoms with van der Waals surface area (Å²) in [5.74, 6) is -2.94. The monoisotopic (exact) mass is 914 g/mol. The predicted octanol–water partition coefficient (Wildman–Crippen LogP) is 6.96. The van der Waals surface area contributed by atoms with E-state index in [2.05, 4.69) is 25.3 Å². The number of fused-ring (bicyclic) bond motifs is 5. The number of hydrogen-bond donors (Lipinski definition) is 3. The Morgan fingerprint density at radius 3 is 2.46 bits per heavy atom. The Bertz CT molecular complexity index is 2610. The zero-order valence-electron chi connectivity index (χ0n) is 34.6. The Labute approximate surface area is 365 Å². The first-order chi connectivity index (χ1) is 29.7. The molecule has 4 amide bonds. The first-order valence-electron chi connectivity index (χ1n) is 20.8. The average Bonchev–Trinajstić information content (AvgIpc) is 4.11. The fourth-order valence-electron chi connectivity index (χ4n) is 8.06. The van der Waals surface area contributed by atoms with E-state index >= 15 is 0 Å². The summed E-state index contributed by atoms with van der Waals surface area (Å²) in [5.41, 5.74) is -2.52. The van der Waals surface area contributed by atoms with E-state index < -0.39 is 86.1 Å². The number of aromatic nitrogens is 2. The number of carbonyl (C=O) groups excluding carboxylic acids is 4. The lowest BCUT2D eigenvalue weighted by Crippen LogP contribution is -2.58. The van der Waals surface area contributed by atoms with Crippen LogP contribution in [-0.4, -0.2) is 88.2 Å². The van der Waals surface area contributed by atoms with E-state index in [0.29, 0.717) is 48.1 Å². The number of nitrogens with one attached hydrogen (secondary N) is 3. The zero-order valence-corrected chi connectivity index (χ0v) is 36.2. The quantitative estimate of drug-likeness (QED) is 0.162. The van der Waals surface area contributed by atoms with Crippen LogP contribution >= 0.6 is 11.6 Å². The summed E-state index contributed by atoms with van der Waals surface area (Å²) < 4.78 is 86.6. The standard InChI is InChI=1S/C43H46ClF3N6O9S/c1-41(2,3)62-40(57)48-30-10-8-6-4-5-7-9-25-21-42(25,39(56)52-63(58,59)28-16-17-28)51-36(54)31-20-27(22-53(31)38(30)55)60-37-34-33(29-19-26(44)15-18-32(29)61-34)49-35(50-37)23-11-13-24(14-12-23)43(45,46)47/h7,9,11-15,18-19,25,27-28,30-31H,4-6,8,10,16-17,20-22H2,1-3H3,(H,48,57)(H,51,54)(H,52,56)/b9-7-. The second-order valence-corrected chi connectivity index (χ2v) is 19.9. The molecule has 63 heavy (non-hydrogen) atoms. The van der Waals surface area contributed by atoms with Crippen LogP contribution in [-0.2, 0) is 35.3 Å². The number of amides is 4. The zero-order chi connectivity index (χ0) is 45.1. The summed E-state index contributed by atoms with van der Waals surface area (Å²) in [4.78, 5) is 66.7. The number of alkyl carbamates (subject to hydrolysis) is 1. The molecule has 2 aromatic carbocycles. The first kappa shape index (κ1) is 44.2. The fourth-order valence-corrected chi connectivity index (χ4v) is 9.60. The van der Waals surface area contributed by atoms with Crippen molar-refractivity contribution in [3.05, 3.63) is 65.2 Å². The van der Waals surface area contributed by atoms with Crippen molar-refractivity contribution in [2.45, 2.75) is 119 Å². The van der Waals surface area contributed by atoms with Crippen LogP contribution in [0.25, 0.3) is 33.5 Å². The molecule has 3 N–H and O–H groups in total. The number of carbonyl (C=O) groups is 4. The van der Waals surface area contributed by atoms with Gasteiger partial charge in [-0.25, -0.2) is 18.2 Å². The summed E-state index contributed by atoms with van der Waals surface area (Å²) >= 11 is 6.34. The second kappa shape index (κ2) is 16.6. The van der Waals surface area contributed by atoms with Crippen LogP contribution in [0.2, 0.25) is 5.02 Å². The minimum absolute atomic E-state index is 0.0147. The van der Waals surface area contributed by atoms with Crippen molar-refractivity contribution in [3.8, 4) is 17.3 Å². The number of nitrogens with zero attached hydrogens (tertiary/aromatic N) is 3. The van der Waals surface area contributed by atoms with Crippen molar-refractivity contribution in [1.29, 1.82) is 0 Å². The topological polar surface area (TPSA) is 199 Å². The highest BCUT2D eigenvalue weighted by Gasteiger charge is 2.62. The number of benzene rings is 2. The van der Waals surface area contributed by atoms with Crippen molar-refractivity contribution in [3.63, 3.8) is 0 Å². The van der Waals surface area contributed by atoms with Crippen LogP contribution in [0, 0.1) is 5.92 Å². The van der Waals surface area contributed by atoms with E-state index in [1.54, 1.807) is 45.0 Å². The van der Waals surface area contributed by atoms with Gasteiger partial charge in [-0.05, 0) is 89.6 Å². The normalized spacial score (nSPS) is 25.3. The van der Waals surface area contributed by atoms with Crippen molar-refractivity contribution in [2.75, 3.05) is 6.54 Å². The molecule has 20 heteroatoms. The van der Waals surface area contributed by atoms with E-state index in [0.717, 1.165) is 18.6 Å². The summed E-state index contributed by atoms with van der Waals surface area (Å²) in [5, 5.41) is 5.62. The first-order valence-corrected chi connectivity index (χ1v) is 22.7. The molecule has 2 aromatic heterocycles. The van der Waals surface area contributed by atoms with Gasteiger partial charge in [0.2, 0.25) is 27.4 Å². The Morgan fingerprint density at radius 2 is 1.76 bits per heavy atom. The van der Waals surface area contributed by atoms with E-state index in [9.17, 15) is 40.8 Å². The molecule has 0 spiro atoms. The van der Waals surface area contributed by atoms with Gasteiger partial charge in [0.15, 0.2) is 5.82 Å². The molecule has 0 bridgehead atoms. The van der Waals surface area contributed by atoms with Crippen LogP contribution in [0.3, 0.4) is 0 Å². The summed E-state index contributed by atoms with van der Waals surface area (Å²) in [7, 11) is -3.98. The Balaban J connectivity index is 1.16. The number of furan rings is 1. The number of alkyl halides is 3. The Morgan fingerprint density at radius 1 is 1.02 bits per heavy atom. The van der Waals surface area contributed by atoms with Crippen molar-refractivity contribution >= 4 is 67.5 Å². The Hall–Kier alpha value is -5.43. The highest BCUT2D eigenvalue weighted by atomic mass is 35.5. The molecule has 4 heterocycles. The van der Waals surface area contributed by atoms with E-state index in [1.807, 2.05) is 6.08 Å². The largest absolute Gasteiger partial charge is 0.470 e. The van der Waals surface area contributed by atoms with Gasteiger partial charge in [0.25, 0.3) is 11.8 Å². The van der Waals surface area contributed by atoms with E-state index in [4.69, 9.17) is 25.5 Å². The van der Waals surface area contributed by atoms with Crippen LogP contribution in [0.4, 0.5) is 18.0 Å². The highest BCUT2D eigenvalue weighted by molar-refractivity contribution is 7.91. The van der Waals surface area contributed by atoms with Crippen LogP contribution in [0.1, 0.15) is 84.1 Å². The van der Waals surface area contributed by atoms with Crippen LogP contribution in [0.15, 0.2) is 59.0 Å². The number of allylic oxidation sites excluding steroid dienone is 1. The molecule has 4 aliphatic rings. The molecule has 336 valence electrons. The van der Waals surface area contributed by atoms with Crippen molar-refractivity contribution in [1.82, 2.24) is 30.2 Å². The molecule has 5 atom stereocenters. The van der Waals surface area contributed by atoms with Crippen LogP contribution < -0.4 is 20.1 Å². The number of ether oxygens (including phenoxy) is 2. The molecule has 4 aromatic rings. The smallest absolute Gasteiger partial charge is 0.416 e. The summed E-state index contributed by atoms with van der Waals surface area (Å²) in [6.07, 6.45) is 0.814. The van der Waals surface area contributed by atoms with Gasteiger partial charge < -0.3 is 29.4 Å². The minimum atomic E-state index is -4.59. The molecular weight excluding hydrogens is 869 g/mol. The number of hydrogen-bond acceptors (Lipinski definition) is 11. The number of sulfonamides is 1. The predicted molar refractivity (Wildman–Crippen MR) is 224 cm³/mol. The van der Waals surface area contributed by atoms with E-state index in [1.165, 1.54) is 17.0 Å². The second-order valence-electron chi connectivity index (χ2n) is 17.5. The molecule has 15 nitrogen and oxygen atoms in total. The SMILES string of the molecule is CC(C)(C)OC(=O)NC1CCCCC/C=C\C2CC2(C(=O)NS(=O)(=O)C2CC2)NC(=O)C2CC(Oc3nc(-c4ccc(C(F)(F)F)cc4)nc4c3oc3ccc(Cl)cc34)CN2C1=O. The van der Waals surface area contributed by atoms with Gasteiger partial charge in [-0.3, -0.25) is 19.1 Å². The van der Waals surface area contributed by atoms with Crippen LogP contribution in [0.5, 0.6) is 5.88 Å². The Kier molecular flexibility index (Phi) is 11.6. The lowest BCUT2D eigenvalue weighted by Gasteiger charge is -2.30. The van der Waals surface area contributed by atoms with Gasteiger partial charge in [0.1, 0.15) is 40.4 Å². The maximum atomic E-state index is 14.7. The van der Waals surface area contributed by atoms with Gasteiger partial charge >= 0.3 is 12.3 Å². The molecule has 3 fully saturated rings. The molecule has 0 radical (unpaired) electrons. The van der Waals surface area contributed by atoms with Crippen molar-refractivity contribution < 1.29 is 54.7 Å². The van der Waals surface area contributed by atoms with Gasteiger partial charge in [0.05, 0.1) is 17.4 Å². The lowest BCUT2D eigenvalue weighted by atomic mass is 10.0. The van der Waals surface area contributed by atoms with Crippen molar-refractivity contribution in [2.24, 2.45) is 5.92 Å². The van der Waals surface area contributed by atoms with Gasteiger partial charge in [-0.1, -0.05) is 48.7 Å². The summed E-state index contributed by atoms with van der Waals surface area (Å²) in [6.45, 7) is 4.81. The van der Waals surface area contributed by atoms with E-state index in [-0.39, 0.29) is 54.2 Å². The third kappa shape index (κ3) is 9.59. The summed E-state index contributed by atoms with van der Waals surface area (Å²) in [6, 6.07) is 6.61. The lowest BCUT2D eigenvalue weighted by molar-refractivity contribution is -0.141. The number of halogens is 4. The minimum Gasteiger partial charge on any atom is -0.470 e. The molecule has 1 saturated heterocycles. The molecule has 2 aliphatic heterocycles. The van der Waals surface area contributed by atoms with Gasteiger partial charge in [-0.15, -0.1) is 0 Å².